The number of aromatic carboxylic acids is 2. The molecule has 162 valence electrons. The van der Waals surface area contributed by atoms with Gasteiger partial charge in [0.25, 0.3) is 12.9 Å². The van der Waals surface area contributed by atoms with Crippen LogP contribution < -0.4 is 14.2 Å². The lowest BCUT2D eigenvalue weighted by atomic mass is 9.72. The van der Waals surface area contributed by atoms with Gasteiger partial charge in [0, 0.05) is 17.2 Å². The third kappa shape index (κ3) is 3.31. The fourth-order valence-electron chi connectivity index (χ4n) is 3.28. The van der Waals surface area contributed by atoms with E-state index in [0.29, 0.717) is 12.1 Å². The van der Waals surface area contributed by atoms with Crippen molar-refractivity contribution in [1.82, 2.24) is 0 Å². The Labute approximate surface area is 170 Å². The molecule has 2 aromatic rings. The maximum Gasteiger partial charge on any atom is 0.402 e. The number of halogens is 3. The van der Waals surface area contributed by atoms with Crippen LogP contribution >= 0.6 is 0 Å². The summed E-state index contributed by atoms with van der Waals surface area (Å²) in [7, 11) is 0. The Morgan fingerprint density at radius 2 is 1.35 bits per heavy atom. The Morgan fingerprint density at radius 3 is 1.84 bits per heavy atom. The predicted octanol–water partition coefficient (Wildman–Crippen LogP) is 3.13. The summed E-state index contributed by atoms with van der Waals surface area (Å²) < 4.78 is 57.6. The van der Waals surface area contributed by atoms with Crippen LogP contribution in [0.2, 0.25) is 0 Å². The monoisotopic (exact) mass is 440 g/mol. The van der Waals surface area contributed by atoms with Gasteiger partial charge in [0.05, 0.1) is 11.1 Å². The Bertz CT molecular complexity index is 1120. The van der Waals surface area contributed by atoms with E-state index >= 15 is 0 Å². The first kappa shape index (κ1) is 21.6. The van der Waals surface area contributed by atoms with Crippen LogP contribution in [0.1, 0.15) is 38.8 Å². The average molecular weight is 440 g/mol. The lowest BCUT2D eigenvalue weighted by Gasteiger charge is -2.39. The Hall–Kier alpha value is -4.09. The van der Waals surface area contributed by atoms with Gasteiger partial charge in [0.1, 0.15) is 16.9 Å². The van der Waals surface area contributed by atoms with E-state index in [2.05, 4.69) is 9.47 Å². The van der Waals surface area contributed by atoms with E-state index in [9.17, 15) is 42.6 Å². The van der Waals surface area contributed by atoms with Crippen LogP contribution in [0.4, 0.5) is 13.2 Å². The van der Waals surface area contributed by atoms with Crippen LogP contribution in [0.25, 0.3) is 0 Å². The number of fused-ring (bicyclic) bond motifs is 2. The van der Waals surface area contributed by atoms with Crippen molar-refractivity contribution in [3.05, 3.63) is 46.5 Å². The van der Waals surface area contributed by atoms with Crippen molar-refractivity contribution >= 4 is 24.9 Å². The molecule has 1 aliphatic rings. The van der Waals surface area contributed by atoms with Gasteiger partial charge in [-0.05, 0) is 25.1 Å². The summed E-state index contributed by atoms with van der Waals surface area (Å²) in [5.74, 6) is -5.44. The standard InChI is InChI=1S/C19H11F3O9/c1-18(19(20,21)22)10-2-8(16(25)26)9(17(27)28)3-12(10)31-13-5-15(30-7-24)14(29-6-23)4-11(13)18/h2-7H,1H3,(H,25,26)(H,27,28). The highest BCUT2D eigenvalue weighted by molar-refractivity contribution is 6.02. The van der Waals surface area contributed by atoms with Crippen molar-refractivity contribution in [2.24, 2.45) is 0 Å². The molecule has 0 amide bonds. The molecule has 1 atom stereocenters. The third-order valence-electron chi connectivity index (χ3n) is 4.84. The molecule has 0 aromatic heterocycles. The van der Waals surface area contributed by atoms with Gasteiger partial charge < -0.3 is 24.4 Å². The number of carbonyl (C=O) groups is 4. The van der Waals surface area contributed by atoms with Crippen molar-refractivity contribution in [2.45, 2.75) is 18.5 Å². The molecule has 1 heterocycles. The average Bonchev–Trinajstić information content (AvgIpc) is 2.67. The van der Waals surface area contributed by atoms with Gasteiger partial charge in [-0.1, -0.05) is 0 Å². The van der Waals surface area contributed by atoms with Crippen LogP contribution in [0, 0.1) is 0 Å². The zero-order valence-corrected chi connectivity index (χ0v) is 15.4. The van der Waals surface area contributed by atoms with Gasteiger partial charge in [-0.15, -0.1) is 0 Å². The van der Waals surface area contributed by atoms with Crippen LogP contribution in [0.3, 0.4) is 0 Å². The smallest absolute Gasteiger partial charge is 0.402 e. The minimum Gasteiger partial charge on any atom is -0.478 e. The molecule has 0 spiro atoms. The van der Waals surface area contributed by atoms with E-state index in [1.165, 1.54) is 0 Å². The summed E-state index contributed by atoms with van der Waals surface area (Å²) in [6.07, 6.45) is -5.04. The summed E-state index contributed by atoms with van der Waals surface area (Å²) in [6.45, 7) is 0.578. The number of hydrogen-bond donors (Lipinski definition) is 2. The molecule has 0 radical (unpaired) electrons. The number of benzene rings is 2. The highest BCUT2D eigenvalue weighted by Gasteiger charge is 2.58. The molecular weight excluding hydrogens is 429 g/mol. The number of carboxylic acid groups (broad SMARTS) is 2. The van der Waals surface area contributed by atoms with Crippen molar-refractivity contribution in [2.75, 3.05) is 0 Å². The molecule has 0 bridgehead atoms. The topological polar surface area (TPSA) is 136 Å². The number of carbonyl (C=O) groups excluding carboxylic acids is 2. The van der Waals surface area contributed by atoms with Crippen molar-refractivity contribution in [3.63, 3.8) is 0 Å². The van der Waals surface area contributed by atoms with E-state index in [1.807, 2.05) is 0 Å². The molecule has 1 aliphatic heterocycles. The van der Waals surface area contributed by atoms with E-state index in [1.54, 1.807) is 0 Å². The number of ether oxygens (including phenoxy) is 3. The highest BCUT2D eigenvalue weighted by atomic mass is 19.4. The fourth-order valence-corrected chi connectivity index (χ4v) is 3.28. The van der Waals surface area contributed by atoms with Gasteiger partial charge in [0.15, 0.2) is 11.5 Å². The van der Waals surface area contributed by atoms with Crippen molar-refractivity contribution in [1.29, 1.82) is 0 Å². The Morgan fingerprint density at radius 1 is 0.903 bits per heavy atom. The highest BCUT2D eigenvalue weighted by Crippen LogP contribution is 2.57. The number of carboxylic acids is 2. The summed E-state index contributed by atoms with van der Waals surface area (Å²) in [5, 5.41) is 18.6. The van der Waals surface area contributed by atoms with Crippen LogP contribution in [-0.2, 0) is 15.0 Å². The second-order valence-electron chi connectivity index (χ2n) is 6.45. The summed E-state index contributed by atoms with van der Waals surface area (Å²) in [4.78, 5) is 44.3. The molecule has 0 saturated carbocycles. The lowest BCUT2D eigenvalue weighted by Crippen LogP contribution is -2.43. The maximum atomic E-state index is 14.3. The van der Waals surface area contributed by atoms with Gasteiger partial charge in [-0.25, -0.2) is 9.59 Å². The summed E-state index contributed by atoms with van der Waals surface area (Å²) in [5.41, 5.74) is -5.82. The first-order valence-corrected chi connectivity index (χ1v) is 8.24. The molecule has 0 fully saturated rings. The minimum absolute atomic E-state index is 0.0548. The van der Waals surface area contributed by atoms with Crippen LogP contribution in [-0.4, -0.2) is 41.3 Å². The molecule has 1 unspecified atom stereocenters. The molecule has 12 heteroatoms. The van der Waals surface area contributed by atoms with E-state index in [0.717, 1.165) is 19.1 Å². The summed E-state index contributed by atoms with van der Waals surface area (Å²) >= 11 is 0. The Balaban J connectivity index is 2.40. The molecule has 31 heavy (non-hydrogen) atoms. The normalized spacial score (nSPS) is 16.9. The molecule has 9 nitrogen and oxygen atoms in total. The largest absolute Gasteiger partial charge is 0.478 e. The fraction of sp³-hybridized carbons (Fsp3) is 0.158. The molecular formula is C19H11F3O9. The number of hydrogen-bond acceptors (Lipinski definition) is 7. The van der Waals surface area contributed by atoms with Crippen molar-refractivity contribution in [3.8, 4) is 23.0 Å². The zero-order valence-electron chi connectivity index (χ0n) is 15.4. The second kappa shape index (κ2) is 7.31. The Kier molecular flexibility index (Phi) is 5.09. The molecule has 0 saturated heterocycles. The minimum atomic E-state index is -5.04. The van der Waals surface area contributed by atoms with Gasteiger partial charge in [0.2, 0.25) is 0 Å². The van der Waals surface area contributed by atoms with E-state index < -0.39 is 68.8 Å². The second-order valence-corrected chi connectivity index (χ2v) is 6.45. The lowest BCUT2D eigenvalue weighted by molar-refractivity contribution is -0.174. The predicted molar refractivity (Wildman–Crippen MR) is 92.8 cm³/mol. The quantitative estimate of drug-likeness (QED) is 0.649. The molecule has 2 N–H and O–H groups in total. The maximum absolute atomic E-state index is 14.3. The van der Waals surface area contributed by atoms with Gasteiger partial charge >= 0.3 is 18.1 Å². The van der Waals surface area contributed by atoms with Crippen LogP contribution in [0.5, 0.6) is 23.0 Å². The number of rotatable bonds is 6. The molecule has 2 aromatic carbocycles. The number of alkyl halides is 3. The van der Waals surface area contributed by atoms with E-state index in [4.69, 9.17) is 4.74 Å². The first-order valence-electron chi connectivity index (χ1n) is 8.24. The SMILES string of the molecule is CC1(C(F)(F)F)c2cc(OC=O)c(OC=O)cc2Oc2cc(C(=O)O)c(C(=O)O)cc21. The van der Waals surface area contributed by atoms with Gasteiger partial charge in [-0.2, -0.15) is 13.2 Å². The van der Waals surface area contributed by atoms with E-state index in [-0.39, 0.29) is 12.9 Å². The zero-order chi connectivity index (χ0) is 23.1. The summed E-state index contributed by atoms with van der Waals surface area (Å²) in [6, 6.07) is 2.88. The first-order chi connectivity index (χ1) is 14.4. The molecule has 3 rings (SSSR count). The third-order valence-corrected chi connectivity index (χ3v) is 4.84. The van der Waals surface area contributed by atoms with Crippen molar-refractivity contribution < 1.29 is 56.8 Å². The van der Waals surface area contributed by atoms with Gasteiger partial charge in [-0.3, -0.25) is 9.59 Å². The van der Waals surface area contributed by atoms with Crippen LogP contribution in [0.15, 0.2) is 24.3 Å². The molecule has 0 aliphatic carbocycles.